The van der Waals surface area contributed by atoms with Crippen molar-refractivity contribution in [2.45, 2.75) is 6.92 Å². The minimum atomic E-state index is -0.292. The maximum absolute atomic E-state index is 12.4. The van der Waals surface area contributed by atoms with Crippen LogP contribution in [0.25, 0.3) is 28.2 Å². The average molecular weight is 302 g/mol. The number of hydrogen-bond acceptors (Lipinski definition) is 3. The van der Waals surface area contributed by atoms with Gasteiger partial charge in [0.25, 0.3) is 0 Å². The van der Waals surface area contributed by atoms with Gasteiger partial charge in [-0.05, 0) is 12.5 Å². The summed E-state index contributed by atoms with van der Waals surface area (Å²) in [6.07, 6.45) is 0. The Morgan fingerprint density at radius 3 is 2.17 bits per heavy atom. The monoisotopic (exact) mass is 302 g/mol. The smallest absolute Gasteiger partial charge is 0.290 e. The first-order valence-corrected chi connectivity index (χ1v) is 7.34. The lowest BCUT2D eigenvalue weighted by Crippen LogP contribution is -2.19. The van der Waals surface area contributed by atoms with E-state index in [1.807, 2.05) is 67.6 Å². The standard InChI is InChI=1S/C18H14N4O/c1-12-15(13-8-4-2-5-9-13)17-19-16(14-10-6-3-7-11-14)20-18(23)22(17)21-12/h2-11H,1H3,(H,19,20,23). The summed E-state index contributed by atoms with van der Waals surface area (Å²) in [6.45, 7) is 1.89. The summed E-state index contributed by atoms with van der Waals surface area (Å²) >= 11 is 0. The number of benzene rings is 2. The van der Waals surface area contributed by atoms with E-state index in [0.29, 0.717) is 11.5 Å². The third-order valence-electron chi connectivity index (χ3n) is 3.78. The molecule has 0 radical (unpaired) electrons. The maximum Gasteiger partial charge on any atom is 0.349 e. The summed E-state index contributed by atoms with van der Waals surface area (Å²) in [5, 5.41) is 4.33. The molecular weight excluding hydrogens is 288 g/mol. The van der Waals surface area contributed by atoms with Gasteiger partial charge in [-0.25, -0.2) is 9.78 Å². The number of rotatable bonds is 2. The van der Waals surface area contributed by atoms with Gasteiger partial charge in [0.1, 0.15) is 5.82 Å². The SMILES string of the molecule is Cc1nn2c(=O)[nH]c(-c3ccccc3)nc2c1-c1ccccc1. The number of fused-ring (bicyclic) bond motifs is 1. The summed E-state index contributed by atoms with van der Waals surface area (Å²) in [5.74, 6) is 0.542. The van der Waals surface area contributed by atoms with Crippen LogP contribution in [-0.4, -0.2) is 19.6 Å². The van der Waals surface area contributed by atoms with Gasteiger partial charge in [-0.1, -0.05) is 60.7 Å². The fraction of sp³-hybridized carbons (Fsp3) is 0.0556. The third-order valence-corrected chi connectivity index (χ3v) is 3.78. The Kier molecular flexibility index (Phi) is 3.05. The Labute approximate surface area is 132 Å². The molecule has 0 saturated heterocycles. The van der Waals surface area contributed by atoms with E-state index in [4.69, 9.17) is 0 Å². The molecule has 0 amide bonds. The number of nitrogens with one attached hydrogen (secondary N) is 1. The molecule has 2 heterocycles. The molecule has 0 saturated carbocycles. The highest BCUT2D eigenvalue weighted by Gasteiger charge is 2.16. The normalized spacial score (nSPS) is 11.0. The second-order valence-electron chi connectivity index (χ2n) is 5.32. The molecule has 1 N–H and O–H groups in total. The molecule has 2 aromatic heterocycles. The molecule has 4 rings (SSSR count). The van der Waals surface area contributed by atoms with E-state index in [-0.39, 0.29) is 5.69 Å². The molecule has 0 unspecified atom stereocenters. The highest BCUT2D eigenvalue weighted by Crippen LogP contribution is 2.26. The van der Waals surface area contributed by atoms with Crippen LogP contribution in [0.4, 0.5) is 0 Å². The Balaban J connectivity index is 2.04. The zero-order valence-corrected chi connectivity index (χ0v) is 12.5. The lowest BCUT2D eigenvalue weighted by atomic mass is 10.1. The van der Waals surface area contributed by atoms with Crippen molar-refractivity contribution in [2.75, 3.05) is 0 Å². The number of hydrogen-bond donors (Lipinski definition) is 1. The molecule has 5 heteroatoms. The molecule has 112 valence electrons. The topological polar surface area (TPSA) is 63.1 Å². The highest BCUT2D eigenvalue weighted by atomic mass is 16.1. The van der Waals surface area contributed by atoms with Crippen LogP contribution in [0.3, 0.4) is 0 Å². The first-order valence-electron chi connectivity index (χ1n) is 7.34. The van der Waals surface area contributed by atoms with Crippen molar-refractivity contribution in [3.8, 4) is 22.5 Å². The van der Waals surface area contributed by atoms with Gasteiger partial charge in [0.2, 0.25) is 0 Å². The molecular formula is C18H14N4O. The van der Waals surface area contributed by atoms with E-state index >= 15 is 0 Å². The first-order chi connectivity index (χ1) is 11.2. The average Bonchev–Trinajstić information content (AvgIpc) is 2.93. The van der Waals surface area contributed by atoms with Gasteiger partial charge >= 0.3 is 5.69 Å². The molecule has 0 bridgehead atoms. The fourth-order valence-corrected chi connectivity index (χ4v) is 2.72. The van der Waals surface area contributed by atoms with Gasteiger partial charge in [-0.15, -0.1) is 0 Å². The minimum absolute atomic E-state index is 0.292. The third kappa shape index (κ3) is 2.23. The lowest BCUT2D eigenvalue weighted by Gasteiger charge is -2.03. The number of nitrogens with zero attached hydrogens (tertiary/aromatic N) is 3. The van der Waals surface area contributed by atoms with Crippen molar-refractivity contribution in [1.29, 1.82) is 0 Å². The van der Waals surface area contributed by atoms with Gasteiger partial charge in [-0.2, -0.15) is 9.61 Å². The number of aromatic amines is 1. The van der Waals surface area contributed by atoms with Gasteiger partial charge in [-0.3, -0.25) is 4.98 Å². The van der Waals surface area contributed by atoms with Crippen molar-refractivity contribution < 1.29 is 0 Å². The van der Waals surface area contributed by atoms with Gasteiger partial charge in [0, 0.05) is 11.1 Å². The van der Waals surface area contributed by atoms with E-state index in [9.17, 15) is 4.79 Å². The Bertz CT molecular complexity index is 1030. The van der Waals surface area contributed by atoms with Gasteiger partial charge < -0.3 is 0 Å². The molecule has 0 aliphatic carbocycles. The van der Waals surface area contributed by atoms with E-state index in [0.717, 1.165) is 22.4 Å². The predicted octanol–water partition coefficient (Wildman–Crippen LogP) is 3.06. The van der Waals surface area contributed by atoms with Crippen molar-refractivity contribution in [2.24, 2.45) is 0 Å². The van der Waals surface area contributed by atoms with Gasteiger partial charge in [0.05, 0.1) is 5.69 Å². The minimum Gasteiger partial charge on any atom is -0.290 e. The van der Waals surface area contributed by atoms with Crippen LogP contribution >= 0.6 is 0 Å². The molecule has 0 spiro atoms. The Morgan fingerprint density at radius 2 is 1.52 bits per heavy atom. The maximum atomic E-state index is 12.4. The van der Waals surface area contributed by atoms with E-state index in [1.54, 1.807) is 0 Å². The Hall–Kier alpha value is -3.21. The molecule has 0 fully saturated rings. The van der Waals surface area contributed by atoms with Gasteiger partial charge in [0.15, 0.2) is 5.65 Å². The fourth-order valence-electron chi connectivity index (χ4n) is 2.72. The zero-order valence-electron chi connectivity index (χ0n) is 12.5. The van der Waals surface area contributed by atoms with Crippen molar-refractivity contribution in [3.05, 3.63) is 76.8 Å². The van der Waals surface area contributed by atoms with Crippen LogP contribution in [0.2, 0.25) is 0 Å². The van der Waals surface area contributed by atoms with E-state index in [2.05, 4.69) is 15.1 Å². The van der Waals surface area contributed by atoms with Crippen LogP contribution < -0.4 is 5.69 Å². The zero-order chi connectivity index (χ0) is 15.8. The number of aryl methyl sites for hydroxylation is 1. The number of aromatic nitrogens is 4. The van der Waals surface area contributed by atoms with Crippen molar-refractivity contribution in [1.82, 2.24) is 19.6 Å². The molecule has 5 nitrogen and oxygen atoms in total. The predicted molar refractivity (Wildman–Crippen MR) is 89.2 cm³/mol. The number of H-pyrrole nitrogens is 1. The second kappa shape index (κ2) is 5.21. The summed E-state index contributed by atoms with van der Waals surface area (Å²) in [6, 6.07) is 19.5. The Morgan fingerprint density at radius 1 is 0.913 bits per heavy atom. The van der Waals surface area contributed by atoms with Crippen molar-refractivity contribution >= 4 is 5.65 Å². The molecule has 2 aromatic carbocycles. The van der Waals surface area contributed by atoms with Crippen LogP contribution in [0.5, 0.6) is 0 Å². The van der Waals surface area contributed by atoms with E-state index < -0.39 is 0 Å². The summed E-state index contributed by atoms with van der Waals surface area (Å²) in [4.78, 5) is 19.8. The second-order valence-corrected chi connectivity index (χ2v) is 5.32. The molecule has 4 aromatic rings. The van der Waals surface area contributed by atoms with Crippen LogP contribution in [0.15, 0.2) is 65.5 Å². The highest BCUT2D eigenvalue weighted by molar-refractivity contribution is 5.80. The van der Waals surface area contributed by atoms with Crippen molar-refractivity contribution in [3.63, 3.8) is 0 Å². The summed E-state index contributed by atoms with van der Waals surface area (Å²) in [5.41, 5.74) is 3.80. The van der Waals surface area contributed by atoms with E-state index in [1.165, 1.54) is 4.52 Å². The molecule has 0 aliphatic rings. The summed E-state index contributed by atoms with van der Waals surface area (Å²) in [7, 11) is 0. The lowest BCUT2D eigenvalue weighted by molar-refractivity contribution is 0.832. The molecule has 0 aliphatic heterocycles. The summed E-state index contributed by atoms with van der Waals surface area (Å²) < 4.78 is 1.32. The molecule has 23 heavy (non-hydrogen) atoms. The largest absolute Gasteiger partial charge is 0.349 e. The van der Waals surface area contributed by atoms with Crippen LogP contribution in [0.1, 0.15) is 5.69 Å². The van der Waals surface area contributed by atoms with Crippen LogP contribution in [-0.2, 0) is 0 Å². The van der Waals surface area contributed by atoms with Crippen LogP contribution in [0, 0.1) is 6.92 Å². The quantitative estimate of drug-likeness (QED) is 0.619. The molecule has 0 atom stereocenters. The first kappa shape index (κ1) is 13.5.